The molecule has 0 unspecified atom stereocenters. The Bertz CT molecular complexity index is 1880. The predicted octanol–water partition coefficient (Wildman–Crippen LogP) is -0.930. The number of hydrogen-bond donors (Lipinski definition) is 10. The molecule has 5 fully saturated rings. The van der Waals surface area contributed by atoms with Crippen LogP contribution in [0.25, 0.3) is 0 Å². The quantitative estimate of drug-likeness (QED) is 0.113. The fourth-order valence-corrected chi connectivity index (χ4v) is 9.98. The number of carbonyl (C=O) groups excluding carboxylic acids is 10. The van der Waals surface area contributed by atoms with Crippen LogP contribution in [0.2, 0.25) is 0 Å². The topological polar surface area (TPSA) is 325 Å². The zero-order valence-electron chi connectivity index (χ0n) is 43.8. The third-order valence-electron chi connectivity index (χ3n) is 14.5. The molecule has 22 heteroatoms. The first-order valence-electron chi connectivity index (χ1n) is 26.5. The minimum Gasteiger partial charge on any atom is -0.343 e. The summed E-state index contributed by atoms with van der Waals surface area (Å²) >= 11 is 0. The van der Waals surface area contributed by atoms with E-state index >= 15 is 0 Å². The van der Waals surface area contributed by atoms with Gasteiger partial charge in [-0.05, 0) is 127 Å². The van der Waals surface area contributed by atoms with Crippen LogP contribution in [0, 0.1) is 23.7 Å². The molecule has 22 nitrogen and oxygen atoms in total. The monoisotopic (exact) mass is 1010 g/mol. The number of hydrogen-bond acceptors (Lipinski definition) is 12. The van der Waals surface area contributed by atoms with Crippen LogP contribution in [0.5, 0.6) is 0 Å². The van der Waals surface area contributed by atoms with Crippen molar-refractivity contribution in [2.24, 2.45) is 35.1 Å². The number of nitrogens with zero attached hydrogens (tertiary/aromatic N) is 2. The maximum atomic E-state index is 14.5. The van der Waals surface area contributed by atoms with E-state index in [0.717, 1.165) is 0 Å². The smallest absolute Gasteiger partial charge is 0.246 e. The first-order valence-corrected chi connectivity index (χ1v) is 26.5. The predicted molar refractivity (Wildman–Crippen MR) is 266 cm³/mol. The first-order chi connectivity index (χ1) is 34.0. The van der Waals surface area contributed by atoms with Crippen LogP contribution >= 0.6 is 0 Å². The third kappa shape index (κ3) is 14.4. The van der Waals surface area contributed by atoms with Crippen LogP contribution in [0.4, 0.5) is 0 Å². The van der Waals surface area contributed by atoms with E-state index in [4.69, 9.17) is 11.5 Å². The molecule has 0 aromatic heterocycles. The zero-order valence-corrected chi connectivity index (χ0v) is 43.8. The highest BCUT2D eigenvalue weighted by molar-refractivity contribution is 6.02. The molecule has 2 spiro atoms. The number of carbonyl (C=O) groups is 10. The highest BCUT2D eigenvalue weighted by atomic mass is 16.2. The minimum atomic E-state index is -1.36. The van der Waals surface area contributed by atoms with Gasteiger partial charge in [0.15, 0.2) is 0 Å². The highest BCUT2D eigenvalue weighted by Crippen LogP contribution is 2.38. The van der Waals surface area contributed by atoms with Gasteiger partial charge in [-0.3, -0.25) is 47.9 Å². The maximum absolute atomic E-state index is 14.5. The molecule has 72 heavy (non-hydrogen) atoms. The Morgan fingerprint density at radius 1 is 0.472 bits per heavy atom. The molecule has 2 saturated carbocycles. The molecular formula is C50H84N12O10. The van der Waals surface area contributed by atoms with Crippen molar-refractivity contribution < 1.29 is 47.9 Å². The molecule has 8 atom stereocenters. The molecule has 0 bridgehead atoms. The van der Waals surface area contributed by atoms with E-state index in [-0.39, 0.29) is 89.4 Å². The lowest BCUT2D eigenvalue weighted by Crippen LogP contribution is -2.62. The fraction of sp³-hybridized carbons (Fsp3) is 0.800. The van der Waals surface area contributed by atoms with Gasteiger partial charge in [-0.15, -0.1) is 0 Å². The lowest BCUT2D eigenvalue weighted by atomic mass is 9.99. The Kier molecular flexibility index (Phi) is 20.0. The van der Waals surface area contributed by atoms with Crippen molar-refractivity contribution in [1.29, 1.82) is 0 Å². The highest BCUT2D eigenvalue weighted by Gasteiger charge is 2.55. The third-order valence-corrected chi connectivity index (χ3v) is 14.5. The van der Waals surface area contributed by atoms with Crippen molar-refractivity contribution in [2.75, 3.05) is 26.2 Å². The van der Waals surface area contributed by atoms with Crippen LogP contribution < -0.4 is 54.0 Å². The molecule has 3 heterocycles. The second-order valence-corrected chi connectivity index (χ2v) is 22.3. The summed E-state index contributed by atoms with van der Waals surface area (Å²) in [4.78, 5) is 145. The number of nitrogens with two attached hydrogens (primary N) is 2. The standard InChI is InChI=1S/C50H84N12O10/c1-27(2)25-33-45(69)61-23-11-15-35(61)41(65)59-49(17-18-49)47(71)58-38(30(7)8)44(68)54-32(14-10-22-52)40(64)56-34(26-28(3)4)46(70)62-24-12-16-36(62)42(66)60-50(19-20-50)48(72)57-37(29(5)6)43(67)53-31(13-9-21-51)39(63)55-33/h27-38H,9-26,51-52H2,1-8H3,(H,53,67)(H,54,68)(H,55,63)(H,56,64)(H,57,72)(H,58,71)(H,59,65)(H,60,66)/t31-,32-,33-,34-,35+,36+,37-,38-/m0/s1. The Hall–Kier alpha value is -5.38. The van der Waals surface area contributed by atoms with Gasteiger partial charge < -0.3 is 63.8 Å². The molecular weight excluding hydrogens is 929 g/mol. The van der Waals surface area contributed by atoms with Crippen molar-refractivity contribution in [2.45, 2.75) is 205 Å². The summed E-state index contributed by atoms with van der Waals surface area (Å²) < 4.78 is 0. The average Bonchev–Trinajstić information content (AvgIpc) is 4.15. The second kappa shape index (κ2) is 25.0. The molecule has 0 radical (unpaired) electrons. The van der Waals surface area contributed by atoms with Crippen molar-refractivity contribution >= 4 is 59.1 Å². The van der Waals surface area contributed by atoms with Crippen molar-refractivity contribution in [3.05, 3.63) is 0 Å². The molecule has 3 saturated heterocycles. The molecule has 5 aliphatic rings. The summed E-state index contributed by atoms with van der Waals surface area (Å²) in [6, 6.07) is -8.72. The molecule has 5 rings (SSSR count). The van der Waals surface area contributed by atoms with Gasteiger partial charge in [0.2, 0.25) is 59.1 Å². The second-order valence-electron chi connectivity index (χ2n) is 22.3. The molecule has 2 aliphatic carbocycles. The fourth-order valence-electron chi connectivity index (χ4n) is 9.98. The van der Waals surface area contributed by atoms with E-state index in [1.165, 1.54) is 9.80 Å². The molecule has 10 amide bonds. The molecule has 0 aromatic carbocycles. The first kappa shape index (κ1) is 57.5. The summed E-state index contributed by atoms with van der Waals surface area (Å²) in [6.45, 7) is 15.3. The Labute approximate surface area is 424 Å². The summed E-state index contributed by atoms with van der Waals surface area (Å²) in [7, 11) is 0. The van der Waals surface area contributed by atoms with Crippen LogP contribution in [0.1, 0.15) is 145 Å². The lowest BCUT2D eigenvalue weighted by Gasteiger charge is -2.33. The van der Waals surface area contributed by atoms with Gasteiger partial charge in [0, 0.05) is 13.1 Å². The van der Waals surface area contributed by atoms with E-state index in [1.54, 1.807) is 27.7 Å². The van der Waals surface area contributed by atoms with Crippen LogP contribution in [-0.2, 0) is 47.9 Å². The van der Waals surface area contributed by atoms with Gasteiger partial charge in [0.05, 0.1) is 0 Å². The van der Waals surface area contributed by atoms with Crippen molar-refractivity contribution in [1.82, 2.24) is 52.3 Å². The summed E-state index contributed by atoms with van der Waals surface area (Å²) in [5, 5.41) is 22.7. The van der Waals surface area contributed by atoms with Gasteiger partial charge in [-0.25, -0.2) is 0 Å². The van der Waals surface area contributed by atoms with E-state index in [2.05, 4.69) is 42.5 Å². The van der Waals surface area contributed by atoms with Gasteiger partial charge in [-0.1, -0.05) is 55.4 Å². The van der Waals surface area contributed by atoms with Gasteiger partial charge in [0.25, 0.3) is 0 Å². The SMILES string of the molecule is CC(C)C[C@@H]1NC(=O)[C@H](CCCN)NC(=O)[C@H](C(C)C)NC(=O)C2(CC2)NC(=O)[C@H]2CCCN2C(=O)[C@H](CC(C)C)NC(=O)[C@H](CCCN)NC(=O)[C@H](C(C)C)NC(=O)C2(CC2)NC(=O)[C@H]2CCCN2C1=O. The van der Waals surface area contributed by atoms with Gasteiger partial charge in [-0.2, -0.15) is 0 Å². The molecule has 12 N–H and O–H groups in total. The largest absolute Gasteiger partial charge is 0.343 e. The van der Waals surface area contributed by atoms with E-state index < -0.39 is 130 Å². The molecule has 404 valence electrons. The number of rotatable bonds is 12. The van der Waals surface area contributed by atoms with Gasteiger partial charge in [0.1, 0.15) is 59.4 Å². The number of fused-ring (bicyclic) bond motifs is 2. The van der Waals surface area contributed by atoms with Crippen LogP contribution in [-0.4, -0.2) is 154 Å². The van der Waals surface area contributed by atoms with Crippen molar-refractivity contribution in [3.63, 3.8) is 0 Å². The maximum Gasteiger partial charge on any atom is 0.246 e. The average molecular weight is 1010 g/mol. The van der Waals surface area contributed by atoms with Crippen LogP contribution in [0.3, 0.4) is 0 Å². The number of amides is 10. The van der Waals surface area contributed by atoms with E-state index in [1.807, 2.05) is 27.7 Å². The van der Waals surface area contributed by atoms with Gasteiger partial charge >= 0.3 is 0 Å². The Balaban J connectivity index is 1.50. The minimum absolute atomic E-state index is 0.0845. The van der Waals surface area contributed by atoms with E-state index in [0.29, 0.717) is 38.5 Å². The number of nitrogens with one attached hydrogen (secondary N) is 8. The lowest BCUT2D eigenvalue weighted by molar-refractivity contribution is -0.143. The Morgan fingerprint density at radius 3 is 1.10 bits per heavy atom. The summed E-state index contributed by atoms with van der Waals surface area (Å²) in [5.41, 5.74) is 9.00. The molecule has 0 aromatic rings. The summed E-state index contributed by atoms with van der Waals surface area (Å²) in [6.07, 6.45) is 3.95. The normalized spacial score (nSPS) is 29.3. The zero-order chi connectivity index (χ0) is 53.2. The van der Waals surface area contributed by atoms with Crippen molar-refractivity contribution in [3.8, 4) is 0 Å². The summed E-state index contributed by atoms with van der Waals surface area (Å²) in [5.74, 6) is -7.04. The Morgan fingerprint density at radius 2 is 0.806 bits per heavy atom. The van der Waals surface area contributed by atoms with Crippen LogP contribution in [0.15, 0.2) is 0 Å². The van der Waals surface area contributed by atoms with E-state index in [9.17, 15) is 47.9 Å². The molecule has 3 aliphatic heterocycles.